The molecule has 22 heavy (non-hydrogen) atoms. The molecule has 0 N–H and O–H groups in total. The van der Waals surface area contributed by atoms with Gasteiger partial charge in [0.25, 0.3) is 5.91 Å². The van der Waals surface area contributed by atoms with E-state index in [9.17, 15) is 4.79 Å². The molecule has 3 heterocycles. The first-order valence-corrected chi connectivity index (χ1v) is 9.63. The molecule has 0 radical (unpaired) electrons. The fraction of sp³-hybridized carbons (Fsp3) is 0.667. The average Bonchev–Trinajstić information content (AvgIpc) is 2.84. The lowest BCUT2D eigenvalue weighted by Gasteiger charge is -2.35. The lowest BCUT2D eigenvalue weighted by atomic mass is 10.2. The largest absolute Gasteiger partial charge is 0.444 e. The molecule has 122 valence electrons. The Hall–Kier alpha value is -0.500. The van der Waals surface area contributed by atoms with Gasteiger partial charge < -0.3 is 14.1 Å². The maximum atomic E-state index is 12.8. The third kappa shape index (κ3) is 4.07. The van der Waals surface area contributed by atoms with Gasteiger partial charge in [-0.2, -0.15) is 11.8 Å². The minimum Gasteiger partial charge on any atom is -0.444 e. The molecule has 2 saturated heterocycles. The Kier molecular flexibility index (Phi) is 5.84. The fourth-order valence-corrected chi connectivity index (χ4v) is 4.26. The molecule has 1 amide bonds. The van der Waals surface area contributed by atoms with Crippen LogP contribution < -0.4 is 0 Å². The number of amides is 1. The van der Waals surface area contributed by atoms with Crippen molar-refractivity contribution < 1.29 is 13.9 Å². The molecule has 1 aromatic heterocycles. The van der Waals surface area contributed by atoms with Gasteiger partial charge in [0.15, 0.2) is 10.4 Å². The molecular weight excluding hydrogens is 368 g/mol. The van der Waals surface area contributed by atoms with E-state index in [1.165, 1.54) is 0 Å². The summed E-state index contributed by atoms with van der Waals surface area (Å²) in [5.41, 5.74) is 0. The highest BCUT2D eigenvalue weighted by Gasteiger charge is 2.30. The molecule has 1 aromatic rings. The molecule has 7 heteroatoms. The fourth-order valence-electron chi connectivity index (χ4n) is 2.90. The van der Waals surface area contributed by atoms with Crippen molar-refractivity contribution in [1.82, 2.24) is 9.80 Å². The van der Waals surface area contributed by atoms with Gasteiger partial charge in [-0.25, -0.2) is 0 Å². The van der Waals surface area contributed by atoms with Gasteiger partial charge >= 0.3 is 0 Å². The van der Waals surface area contributed by atoms with Crippen molar-refractivity contribution in [1.29, 1.82) is 0 Å². The van der Waals surface area contributed by atoms with Gasteiger partial charge in [-0.05, 0) is 40.2 Å². The second-order valence-corrected chi connectivity index (χ2v) is 7.53. The lowest BCUT2D eigenvalue weighted by Crippen LogP contribution is -2.50. The smallest absolute Gasteiger partial charge is 0.289 e. The second kappa shape index (κ2) is 7.86. The van der Waals surface area contributed by atoms with Crippen molar-refractivity contribution in [2.24, 2.45) is 0 Å². The van der Waals surface area contributed by atoms with Crippen LogP contribution in [0.2, 0.25) is 0 Å². The van der Waals surface area contributed by atoms with Gasteiger partial charge in [0.05, 0.1) is 19.3 Å². The normalized spacial score (nSPS) is 24.2. The lowest BCUT2D eigenvalue weighted by molar-refractivity contribution is 0.0239. The summed E-state index contributed by atoms with van der Waals surface area (Å²) in [6.07, 6.45) is 1.04. The maximum absolute atomic E-state index is 12.8. The first-order valence-electron chi connectivity index (χ1n) is 7.68. The van der Waals surface area contributed by atoms with Crippen LogP contribution in [0.25, 0.3) is 0 Å². The Morgan fingerprint density at radius 3 is 2.86 bits per heavy atom. The molecule has 0 aliphatic carbocycles. The van der Waals surface area contributed by atoms with Gasteiger partial charge in [-0.1, -0.05) is 0 Å². The zero-order valence-electron chi connectivity index (χ0n) is 12.5. The second-order valence-electron chi connectivity index (χ2n) is 5.60. The number of furan rings is 1. The summed E-state index contributed by atoms with van der Waals surface area (Å²) in [4.78, 5) is 17.2. The number of carbonyl (C=O) groups excluding carboxylic acids is 1. The molecular formula is C15H21BrN2O3S. The summed E-state index contributed by atoms with van der Waals surface area (Å²) in [6, 6.07) is 3.76. The van der Waals surface area contributed by atoms with Crippen molar-refractivity contribution >= 4 is 33.6 Å². The highest BCUT2D eigenvalue weighted by molar-refractivity contribution is 9.10. The monoisotopic (exact) mass is 388 g/mol. The first kappa shape index (κ1) is 16.4. The van der Waals surface area contributed by atoms with Crippen molar-refractivity contribution in [3.63, 3.8) is 0 Å². The minimum atomic E-state index is 0.00598. The number of morpholine rings is 1. The average molecular weight is 389 g/mol. The molecule has 5 nitrogen and oxygen atoms in total. The van der Waals surface area contributed by atoms with Gasteiger partial charge in [-0.3, -0.25) is 9.69 Å². The van der Waals surface area contributed by atoms with Crippen LogP contribution in [0.5, 0.6) is 0 Å². The van der Waals surface area contributed by atoms with E-state index in [1.54, 1.807) is 12.1 Å². The zero-order chi connectivity index (χ0) is 15.4. The Morgan fingerprint density at radius 1 is 1.32 bits per heavy atom. The molecule has 3 rings (SSSR count). The van der Waals surface area contributed by atoms with Gasteiger partial charge in [-0.15, -0.1) is 0 Å². The highest BCUT2D eigenvalue weighted by Crippen LogP contribution is 2.22. The van der Waals surface area contributed by atoms with Crippen LogP contribution in [-0.2, 0) is 4.74 Å². The minimum absolute atomic E-state index is 0.00598. The quantitative estimate of drug-likeness (QED) is 0.794. The predicted molar refractivity (Wildman–Crippen MR) is 90.4 cm³/mol. The molecule has 0 bridgehead atoms. The summed E-state index contributed by atoms with van der Waals surface area (Å²) in [5.74, 6) is 2.54. The van der Waals surface area contributed by atoms with E-state index in [0.29, 0.717) is 10.4 Å². The Balaban J connectivity index is 1.70. The number of hydrogen-bond acceptors (Lipinski definition) is 5. The third-order valence-electron chi connectivity index (χ3n) is 4.06. The summed E-state index contributed by atoms with van der Waals surface area (Å²) < 4.78 is 11.5. The van der Waals surface area contributed by atoms with Gasteiger partial charge in [0.1, 0.15) is 0 Å². The molecule has 1 atom stereocenters. The SMILES string of the molecule is O=C(c1ccc(Br)o1)N1CCCSCC1CN1CCOCC1. The number of halogens is 1. The van der Waals surface area contributed by atoms with Crippen LogP contribution >= 0.6 is 27.7 Å². The number of carbonyl (C=O) groups is 1. The zero-order valence-corrected chi connectivity index (χ0v) is 14.9. The Labute approximate surface area is 143 Å². The van der Waals surface area contributed by atoms with Crippen molar-refractivity contribution in [2.45, 2.75) is 12.5 Å². The number of ether oxygens (including phenoxy) is 1. The van der Waals surface area contributed by atoms with Gasteiger partial charge in [0.2, 0.25) is 0 Å². The number of thioether (sulfide) groups is 1. The number of rotatable bonds is 3. The van der Waals surface area contributed by atoms with Crippen LogP contribution in [0.3, 0.4) is 0 Å². The summed E-state index contributed by atoms with van der Waals surface area (Å²) in [5, 5.41) is 0. The first-order chi connectivity index (χ1) is 10.7. The highest BCUT2D eigenvalue weighted by atomic mass is 79.9. The van der Waals surface area contributed by atoms with E-state index in [1.807, 2.05) is 16.7 Å². The van der Waals surface area contributed by atoms with Crippen molar-refractivity contribution in [2.75, 3.05) is 50.9 Å². The standard InChI is InChI=1S/C15H21BrN2O3S/c16-14-3-2-13(21-14)15(19)18-4-1-9-22-11-12(18)10-17-5-7-20-8-6-17/h2-3,12H,1,4-11H2. The van der Waals surface area contributed by atoms with E-state index in [2.05, 4.69) is 20.8 Å². The predicted octanol–water partition coefficient (Wildman–Crippen LogP) is 2.32. The maximum Gasteiger partial charge on any atom is 0.289 e. The molecule has 0 aromatic carbocycles. The molecule has 0 spiro atoms. The van der Waals surface area contributed by atoms with Crippen LogP contribution in [0.15, 0.2) is 21.2 Å². The summed E-state index contributed by atoms with van der Waals surface area (Å²) in [7, 11) is 0. The molecule has 0 saturated carbocycles. The van der Waals surface area contributed by atoms with E-state index in [-0.39, 0.29) is 11.9 Å². The van der Waals surface area contributed by atoms with E-state index in [4.69, 9.17) is 9.15 Å². The molecule has 1 unspecified atom stereocenters. The molecule has 2 aliphatic heterocycles. The third-order valence-corrected chi connectivity index (χ3v) is 5.68. The van der Waals surface area contributed by atoms with E-state index in [0.717, 1.165) is 57.3 Å². The number of hydrogen-bond donors (Lipinski definition) is 0. The van der Waals surface area contributed by atoms with E-state index < -0.39 is 0 Å². The van der Waals surface area contributed by atoms with Crippen LogP contribution in [0, 0.1) is 0 Å². The van der Waals surface area contributed by atoms with Crippen molar-refractivity contribution in [3.8, 4) is 0 Å². The molecule has 2 aliphatic rings. The van der Waals surface area contributed by atoms with Gasteiger partial charge in [0, 0.05) is 31.9 Å². The topological polar surface area (TPSA) is 45.9 Å². The Morgan fingerprint density at radius 2 is 2.14 bits per heavy atom. The van der Waals surface area contributed by atoms with Crippen LogP contribution in [-0.4, -0.2) is 72.6 Å². The molecule has 2 fully saturated rings. The summed E-state index contributed by atoms with van der Waals surface area (Å²) >= 11 is 5.21. The van der Waals surface area contributed by atoms with Crippen LogP contribution in [0.1, 0.15) is 17.0 Å². The van der Waals surface area contributed by atoms with E-state index >= 15 is 0 Å². The van der Waals surface area contributed by atoms with Crippen molar-refractivity contribution in [3.05, 3.63) is 22.6 Å². The summed E-state index contributed by atoms with van der Waals surface area (Å²) in [6.45, 7) is 5.21. The Bertz CT molecular complexity index is 505. The van der Waals surface area contributed by atoms with Crippen LogP contribution in [0.4, 0.5) is 0 Å². The number of nitrogens with zero attached hydrogens (tertiary/aromatic N) is 2.